The van der Waals surface area contributed by atoms with Crippen LogP contribution in [-0.4, -0.2) is 28.2 Å². The molecule has 0 aliphatic rings. The lowest BCUT2D eigenvalue weighted by atomic mass is 10.2. The van der Waals surface area contributed by atoms with Gasteiger partial charge in [0.25, 0.3) is 5.91 Å². The maximum absolute atomic E-state index is 11.4. The maximum Gasteiger partial charge on any atom is 0.265 e. The van der Waals surface area contributed by atoms with Gasteiger partial charge in [0.15, 0.2) is 5.16 Å². The Morgan fingerprint density at radius 2 is 2.14 bits per heavy atom. The molecule has 0 unspecified atom stereocenters. The largest absolute Gasteiger partial charge is 0.493 e. The molecule has 1 amide bonds. The van der Waals surface area contributed by atoms with Gasteiger partial charge in [-0.05, 0) is 30.7 Å². The van der Waals surface area contributed by atoms with Crippen LogP contribution in [0.5, 0.6) is 5.75 Å². The maximum atomic E-state index is 11.4. The molecule has 7 heteroatoms. The third-order valence-corrected chi connectivity index (χ3v) is 3.41. The van der Waals surface area contributed by atoms with E-state index in [-0.39, 0.29) is 5.91 Å². The molecule has 0 bridgehead atoms. The number of aromatic nitrogens is 2. The average Bonchev–Trinajstić information content (AvgIpc) is 2.53. The summed E-state index contributed by atoms with van der Waals surface area (Å²) in [6.45, 7) is 2.44. The summed E-state index contributed by atoms with van der Waals surface area (Å²) in [6.07, 6.45) is 3.57. The highest BCUT2D eigenvalue weighted by Gasteiger charge is 2.04. The SMILES string of the molecule is Cc1cnc(SCCOc2cccc(C(=O)NN)c2)nc1. The van der Waals surface area contributed by atoms with Gasteiger partial charge in [-0.3, -0.25) is 10.2 Å². The first-order chi connectivity index (χ1) is 10.2. The van der Waals surface area contributed by atoms with Crippen LogP contribution < -0.4 is 16.0 Å². The smallest absolute Gasteiger partial charge is 0.265 e. The van der Waals surface area contributed by atoms with Crippen molar-refractivity contribution in [1.82, 2.24) is 15.4 Å². The number of ether oxygens (including phenoxy) is 1. The van der Waals surface area contributed by atoms with Crippen LogP contribution in [-0.2, 0) is 0 Å². The van der Waals surface area contributed by atoms with E-state index in [1.165, 1.54) is 11.8 Å². The lowest BCUT2D eigenvalue weighted by Gasteiger charge is -2.07. The second kappa shape index (κ2) is 7.61. The first kappa shape index (κ1) is 15.3. The van der Waals surface area contributed by atoms with Crippen molar-refractivity contribution >= 4 is 17.7 Å². The molecule has 110 valence electrons. The number of hydrazine groups is 1. The van der Waals surface area contributed by atoms with Crippen molar-refractivity contribution in [2.75, 3.05) is 12.4 Å². The number of thioether (sulfide) groups is 1. The zero-order valence-corrected chi connectivity index (χ0v) is 12.4. The van der Waals surface area contributed by atoms with Gasteiger partial charge >= 0.3 is 0 Å². The summed E-state index contributed by atoms with van der Waals surface area (Å²) in [5.74, 6) is 6.09. The molecule has 0 radical (unpaired) electrons. The number of carbonyl (C=O) groups is 1. The summed E-state index contributed by atoms with van der Waals surface area (Å²) in [5, 5.41) is 0.723. The number of aryl methyl sites for hydroxylation is 1. The first-order valence-corrected chi connectivity index (χ1v) is 7.33. The molecule has 2 rings (SSSR count). The van der Waals surface area contributed by atoms with Crippen molar-refractivity contribution in [1.29, 1.82) is 0 Å². The van der Waals surface area contributed by atoms with Crippen LogP contribution in [0, 0.1) is 6.92 Å². The number of amides is 1. The summed E-state index contributed by atoms with van der Waals surface area (Å²) in [4.78, 5) is 19.8. The Kier molecular flexibility index (Phi) is 5.53. The van der Waals surface area contributed by atoms with E-state index in [1.807, 2.05) is 6.92 Å². The number of benzene rings is 1. The van der Waals surface area contributed by atoms with Gasteiger partial charge in [-0.15, -0.1) is 0 Å². The van der Waals surface area contributed by atoms with Gasteiger partial charge < -0.3 is 4.74 Å². The normalized spacial score (nSPS) is 10.2. The molecule has 0 fully saturated rings. The van der Waals surface area contributed by atoms with E-state index in [4.69, 9.17) is 10.6 Å². The molecule has 0 aliphatic carbocycles. The molecular formula is C14H16N4O2S. The average molecular weight is 304 g/mol. The van der Waals surface area contributed by atoms with Gasteiger partial charge in [-0.2, -0.15) is 0 Å². The van der Waals surface area contributed by atoms with Crippen LogP contribution in [0.3, 0.4) is 0 Å². The monoisotopic (exact) mass is 304 g/mol. The molecule has 0 saturated heterocycles. The van der Waals surface area contributed by atoms with E-state index >= 15 is 0 Å². The number of nitrogen functional groups attached to an aromatic ring is 1. The van der Waals surface area contributed by atoms with E-state index < -0.39 is 0 Å². The number of nitrogens with two attached hydrogens (primary N) is 1. The molecule has 0 saturated carbocycles. The fourth-order valence-electron chi connectivity index (χ4n) is 1.56. The molecule has 3 N–H and O–H groups in total. The fourth-order valence-corrected chi connectivity index (χ4v) is 2.16. The molecule has 1 heterocycles. The van der Waals surface area contributed by atoms with Crippen LogP contribution >= 0.6 is 11.8 Å². The summed E-state index contributed by atoms with van der Waals surface area (Å²) in [5.41, 5.74) is 3.58. The Hall–Kier alpha value is -2.12. The number of hydrogen-bond donors (Lipinski definition) is 2. The predicted octanol–water partition coefficient (Wildman–Crippen LogP) is 1.56. The molecule has 21 heavy (non-hydrogen) atoms. The minimum Gasteiger partial charge on any atom is -0.493 e. The fraction of sp³-hybridized carbons (Fsp3) is 0.214. The molecule has 0 aliphatic heterocycles. The van der Waals surface area contributed by atoms with E-state index in [2.05, 4.69) is 15.4 Å². The molecule has 0 spiro atoms. The van der Waals surface area contributed by atoms with Gasteiger partial charge in [0.1, 0.15) is 5.75 Å². The zero-order valence-electron chi connectivity index (χ0n) is 11.6. The third kappa shape index (κ3) is 4.73. The van der Waals surface area contributed by atoms with Crippen molar-refractivity contribution in [2.24, 2.45) is 5.84 Å². The van der Waals surface area contributed by atoms with Crippen molar-refractivity contribution < 1.29 is 9.53 Å². The molecule has 1 aromatic heterocycles. The van der Waals surface area contributed by atoms with Crippen LogP contribution in [0.2, 0.25) is 0 Å². The zero-order chi connectivity index (χ0) is 15.1. The van der Waals surface area contributed by atoms with Crippen LogP contribution in [0.25, 0.3) is 0 Å². The molecule has 6 nitrogen and oxygen atoms in total. The quantitative estimate of drug-likeness (QED) is 0.210. The number of carbonyl (C=O) groups excluding carboxylic acids is 1. The minimum atomic E-state index is -0.345. The van der Waals surface area contributed by atoms with Gasteiger partial charge in [0.05, 0.1) is 6.61 Å². The van der Waals surface area contributed by atoms with Crippen LogP contribution in [0.15, 0.2) is 41.8 Å². The topological polar surface area (TPSA) is 90.1 Å². The van der Waals surface area contributed by atoms with Crippen molar-refractivity contribution in [3.05, 3.63) is 47.8 Å². The van der Waals surface area contributed by atoms with Gasteiger partial charge in [-0.25, -0.2) is 15.8 Å². The highest BCUT2D eigenvalue weighted by atomic mass is 32.2. The minimum absolute atomic E-state index is 0.345. The number of nitrogens with zero attached hydrogens (tertiary/aromatic N) is 2. The predicted molar refractivity (Wildman–Crippen MR) is 81.1 cm³/mol. The Bertz CT molecular complexity index is 604. The molecule has 2 aromatic rings. The third-order valence-electron chi connectivity index (χ3n) is 2.57. The molecule has 0 atom stereocenters. The van der Waals surface area contributed by atoms with Crippen LogP contribution in [0.4, 0.5) is 0 Å². The van der Waals surface area contributed by atoms with E-state index in [0.29, 0.717) is 17.9 Å². The van der Waals surface area contributed by atoms with Gasteiger partial charge in [0.2, 0.25) is 0 Å². The lowest BCUT2D eigenvalue weighted by molar-refractivity contribution is 0.0953. The Balaban J connectivity index is 1.80. The van der Waals surface area contributed by atoms with Gasteiger partial charge in [0, 0.05) is 23.7 Å². The van der Waals surface area contributed by atoms with Crippen molar-refractivity contribution in [2.45, 2.75) is 12.1 Å². The summed E-state index contributed by atoms with van der Waals surface area (Å²) in [6, 6.07) is 6.86. The number of nitrogens with one attached hydrogen (secondary N) is 1. The Morgan fingerprint density at radius 3 is 2.86 bits per heavy atom. The summed E-state index contributed by atoms with van der Waals surface area (Å²) in [7, 11) is 0. The second-order valence-electron chi connectivity index (χ2n) is 4.24. The van der Waals surface area contributed by atoms with E-state index in [0.717, 1.165) is 16.5 Å². The van der Waals surface area contributed by atoms with E-state index in [9.17, 15) is 4.79 Å². The lowest BCUT2D eigenvalue weighted by Crippen LogP contribution is -2.29. The molecular weight excluding hydrogens is 288 g/mol. The first-order valence-electron chi connectivity index (χ1n) is 6.34. The molecule has 1 aromatic carbocycles. The highest BCUT2D eigenvalue weighted by Crippen LogP contribution is 2.15. The van der Waals surface area contributed by atoms with Gasteiger partial charge in [-0.1, -0.05) is 17.8 Å². The summed E-state index contributed by atoms with van der Waals surface area (Å²) >= 11 is 1.52. The van der Waals surface area contributed by atoms with Crippen LogP contribution in [0.1, 0.15) is 15.9 Å². The Morgan fingerprint density at radius 1 is 1.38 bits per heavy atom. The number of hydrogen-bond acceptors (Lipinski definition) is 6. The number of rotatable bonds is 6. The Labute approximate surface area is 127 Å². The van der Waals surface area contributed by atoms with Crippen molar-refractivity contribution in [3.63, 3.8) is 0 Å². The van der Waals surface area contributed by atoms with E-state index in [1.54, 1.807) is 36.7 Å². The second-order valence-corrected chi connectivity index (χ2v) is 5.30. The standard InChI is InChI=1S/C14H16N4O2S/c1-10-8-16-14(17-9-10)21-6-5-20-12-4-2-3-11(7-12)13(19)18-15/h2-4,7-9H,5-6,15H2,1H3,(H,18,19). The summed E-state index contributed by atoms with van der Waals surface area (Å²) < 4.78 is 5.59. The highest BCUT2D eigenvalue weighted by molar-refractivity contribution is 7.99. The van der Waals surface area contributed by atoms with Crippen molar-refractivity contribution in [3.8, 4) is 5.75 Å².